The smallest absolute Gasteiger partial charge is 0.257 e. The Morgan fingerprint density at radius 3 is 2.39 bits per heavy atom. The molecule has 7 heteroatoms. The number of amides is 2. The summed E-state index contributed by atoms with van der Waals surface area (Å²) in [5, 5.41) is 6.69. The van der Waals surface area contributed by atoms with E-state index in [1.54, 1.807) is 18.2 Å². The molecule has 3 aromatic rings. The molecule has 0 radical (unpaired) electrons. The first kappa shape index (κ1) is 27.8. The first-order valence-corrected chi connectivity index (χ1v) is 15.4. The van der Waals surface area contributed by atoms with Gasteiger partial charge in [-0.25, -0.2) is 0 Å². The van der Waals surface area contributed by atoms with E-state index in [1.807, 2.05) is 30.3 Å². The minimum atomic E-state index is -0.282. The number of nitrogens with one attached hydrogen (secondary N) is 2. The van der Waals surface area contributed by atoms with Crippen molar-refractivity contribution in [1.82, 2.24) is 10.2 Å². The van der Waals surface area contributed by atoms with E-state index < -0.39 is 0 Å². The minimum Gasteiger partial charge on any atom is -0.367 e. The van der Waals surface area contributed by atoms with Crippen LogP contribution in [-0.4, -0.2) is 49.4 Å². The number of benzene rings is 3. The van der Waals surface area contributed by atoms with E-state index in [0.717, 1.165) is 56.8 Å². The zero-order valence-corrected chi connectivity index (χ0v) is 24.3. The summed E-state index contributed by atoms with van der Waals surface area (Å²) in [6, 6.07) is 23.3. The molecule has 0 aromatic heterocycles. The predicted octanol–water partition coefficient (Wildman–Crippen LogP) is 6.47. The molecule has 41 heavy (non-hydrogen) atoms. The molecule has 1 aliphatic heterocycles. The molecule has 2 amide bonds. The number of piperazine rings is 1. The van der Waals surface area contributed by atoms with Crippen LogP contribution in [0.15, 0.2) is 72.8 Å². The quantitative estimate of drug-likeness (QED) is 0.326. The highest BCUT2D eigenvalue weighted by Gasteiger charge is 2.37. The molecule has 7 rings (SSSR count). The van der Waals surface area contributed by atoms with Crippen molar-refractivity contribution < 1.29 is 9.59 Å². The fourth-order valence-corrected chi connectivity index (χ4v) is 7.01. The van der Waals surface area contributed by atoms with Gasteiger partial charge in [0.25, 0.3) is 11.8 Å². The van der Waals surface area contributed by atoms with E-state index in [9.17, 15) is 9.59 Å². The molecule has 2 bridgehead atoms. The van der Waals surface area contributed by atoms with Crippen molar-refractivity contribution in [3.63, 3.8) is 0 Å². The average molecular weight is 571 g/mol. The lowest BCUT2D eigenvalue weighted by molar-refractivity contribution is 0.0919. The van der Waals surface area contributed by atoms with Crippen molar-refractivity contribution in [2.24, 2.45) is 17.8 Å². The molecule has 0 spiro atoms. The summed E-state index contributed by atoms with van der Waals surface area (Å²) >= 11 is 6.34. The van der Waals surface area contributed by atoms with Crippen molar-refractivity contribution in [1.29, 1.82) is 0 Å². The average Bonchev–Trinajstić information content (AvgIpc) is 3.30. The third kappa shape index (κ3) is 6.60. The fraction of sp³-hybridized carbons (Fsp3) is 0.412. The summed E-state index contributed by atoms with van der Waals surface area (Å²) < 4.78 is 0. The second kappa shape index (κ2) is 12.7. The molecule has 4 fully saturated rings. The van der Waals surface area contributed by atoms with Crippen LogP contribution in [-0.2, 0) is 6.54 Å². The van der Waals surface area contributed by atoms with Crippen molar-refractivity contribution in [2.75, 3.05) is 42.9 Å². The van der Waals surface area contributed by atoms with Crippen LogP contribution in [0.5, 0.6) is 0 Å². The first-order chi connectivity index (χ1) is 20.0. The van der Waals surface area contributed by atoms with Gasteiger partial charge in [0.15, 0.2) is 0 Å². The Bertz CT molecular complexity index is 1370. The maximum absolute atomic E-state index is 13.3. The largest absolute Gasteiger partial charge is 0.367 e. The molecule has 1 atom stereocenters. The van der Waals surface area contributed by atoms with Crippen LogP contribution in [0.2, 0.25) is 5.02 Å². The van der Waals surface area contributed by atoms with Crippen LogP contribution >= 0.6 is 11.6 Å². The Kier molecular flexibility index (Phi) is 8.59. The van der Waals surface area contributed by atoms with E-state index in [4.69, 9.17) is 11.6 Å². The SMILES string of the molecule is O=C(NCC1CCCC2CC1C2)c1ccc(N2CCN(Cc3ccccc3)CC2)c(NC(=O)c2ccccc2Cl)c1. The number of nitrogens with zero attached hydrogens (tertiary/aromatic N) is 2. The highest BCUT2D eigenvalue weighted by atomic mass is 35.5. The summed E-state index contributed by atoms with van der Waals surface area (Å²) in [6.07, 6.45) is 6.47. The van der Waals surface area contributed by atoms with Crippen molar-refractivity contribution in [2.45, 2.75) is 38.6 Å². The summed E-state index contributed by atoms with van der Waals surface area (Å²) in [7, 11) is 0. The zero-order valence-electron chi connectivity index (χ0n) is 23.5. The van der Waals surface area contributed by atoms with E-state index >= 15 is 0 Å². The van der Waals surface area contributed by atoms with E-state index in [1.165, 1.54) is 37.7 Å². The van der Waals surface area contributed by atoms with Gasteiger partial charge in [0.2, 0.25) is 0 Å². The molecule has 3 aromatic carbocycles. The van der Waals surface area contributed by atoms with Crippen LogP contribution in [0.3, 0.4) is 0 Å². The van der Waals surface area contributed by atoms with Gasteiger partial charge in [-0.2, -0.15) is 0 Å². The van der Waals surface area contributed by atoms with Gasteiger partial charge >= 0.3 is 0 Å². The molecule has 1 unspecified atom stereocenters. The van der Waals surface area contributed by atoms with Gasteiger partial charge < -0.3 is 15.5 Å². The third-order valence-corrected chi connectivity index (χ3v) is 9.57. The van der Waals surface area contributed by atoms with Crippen LogP contribution in [0, 0.1) is 17.8 Å². The maximum Gasteiger partial charge on any atom is 0.257 e. The van der Waals surface area contributed by atoms with Gasteiger partial charge in [-0.1, -0.05) is 66.9 Å². The molecule has 2 N–H and O–H groups in total. The van der Waals surface area contributed by atoms with E-state index in [0.29, 0.717) is 27.8 Å². The first-order valence-electron chi connectivity index (χ1n) is 15.0. The molecule has 1 saturated heterocycles. The second-order valence-electron chi connectivity index (χ2n) is 11.9. The third-order valence-electron chi connectivity index (χ3n) is 9.24. The van der Waals surface area contributed by atoms with Crippen molar-refractivity contribution in [3.8, 4) is 0 Å². The van der Waals surface area contributed by atoms with Gasteiger partial charge in [0.1, 0.15) is 0 Å². The van der Waals surface area contributed by atoms with Crippen LogP contribution < -0.4 is 15.5 Å². The number of carbonyl (C=O) groups excluding carboxylic acids is 2. The number of carbonyl (C=O) groups is 2. The molecular formula is C34H39ClN4O2. The Hall–Kier alpha value is -3.35. The normalized spacial score (nSPS) is 22.4. The molecule has 214 valence electrons. The van der Waals surface area contributed by atoms with Gasteiger partial charge in [0, 0.05) is 44.8 Å². The number of halogens is 1. The highest BCUT2D eigenvalue weighted by molar-refractivity contribution is 6.34. The summed E-state index contributed by atoms with van der Waals surface area (Å²) in [5.41, 5.74) is 3.84. The molecule has 4 aliphatic rings. The molecule has 3 saturated carbocycles. The van der Waals surface area contributed by atoms with E-state index in [2.05, 4.69) is 44.7 Å². The Balaban J connectivity index is 1.17. The van der Waals surface area contributed by atoms with E-state index in [-0.39, 0.29) is 11.8 Å². The summed E-state index contributed by atoms with van der Waals surface area (Å²) in [4.78, 5) is 31.3. The van der Waals surface area contributed by atoms with Crippen molar-refractivity contribution in [3.05, 3.63) is 94.5 Å². The highest BCUT2D eigenvalue weighted by Crippen LogP contribution is 2.46. The molecule has 1 heterocycles. The number of hydrogen-bond acceptors (Lipinski definition) is 4. The van der Waals surface area contributed by atoms with Gasteiger partial charge in [0.05, 0.1) is 22.0 Å². The van der Waals surface area contributed by atoms with Gasteiger partial charge in [-0.05, 0) is 72.9 Å². The van der Waals surface area contributed by atoms with Crippen LogP contribution in [0.1, 0.15) is 58.4 Å². The fourth-order valence-electron chi connectivity index (χ4n) is 6.78. The number of rotatable bonds is 8. The monoisotopic (exact) mass is 570 g/mol. The number of anilines is 2. The van der Waals surface area contributed by atoms with Gasteiger partial charge in [-0.15, -0.1) is 0 Å². The lowest BCUT2D eigenvalue weighted by atomic mass is 9.70. The molecular weight excluding hydrogens is 532 g/mol. The lowest BCUT2D eigenvalue weighted by Gasteiger charge is -2.37. The van der Waals surface area contributed by atoms with Crippen LogP contribution in [0.25, 0.3) is 0 Å². The number of fused-ring (bicyclic) bond motifs is 3. The molecule has 6 nitrogen and oxygen atoms in total. The summed E-state index contributed by atoms with van der Waals surface area (Å²) in [6.45, 7) is 5.14. The predicted molar refractivity (Wildman–Crippen MR) is 166 cm³/mol. The second-order valence-corrected chi connectivity index (χ2v) is 12.3. The maximum atomic E-state index is 13.3. The topological polar surface area (TPSA) is 64.7 Å². The molecule has 3 aliphatic carbocycles. The Morgan fingerprint density at radius 1 is 0.854 bits per heavy atom. The number of hydrogen-bond donors (Lipinski definition) is 2. The van der Waals surface area contributed by atoms with Crippen molar-refractivity contribution >= 4 is 34.8 Å². The Labute approximate surface area is 248 Å². The minimum absolute atomic E-state index is 0.0856. The van der Waals surface area contributed by atoms with Crippen LogP contribution in [0.4, 0.5) is 11.4 Å². The standard InChI is InChI=1S/C34H39ClN4O2/c35-30-12-5-4-11-29(30)34(41)37-31-21-26(33(40)36-22-27-10-6-9-25-19-28(27)20-25)13-14-32(31)39-17-15-38(16-18-39)23-24-7-2-1-3-8-24/h1-5,7-8,11-14,21,25,27-28H,6,9-10,15-20,22-23H2,(H,36,40)(H,37,41). The Morgan fingerprint density at radius 2 is 1.61 bits per heavy atom. The lowest BCUT2D eigenvalue weighted by Crippen LogP contribution is -2.46. The van der Waals surface area contributed by atoms with Gasteiger partial charge in [-0.3, -0.25) is 14.5 Å². The zero-order chi connectivity index (χ0) is 28.2. The summed E-state index contributed by atoms with van der Waals surface area (Å²) in [5.74, 6) is 1.88.